The van der Waals surface area contributed by atoms with Gasteiger partial charge in [0.1, 0.15) is 11.5 Å². The quantitative estimate of drug-likeness (QED) is 0.940. The number of benzene rings is 2. The normalized spacial score (nSPS) is 16.7. The monoisotopic (exact) mass is 311 g/mol. The van der Waals surface area contributed by atoms with E-state index in [1.165, 1.54) is 0 Å². The summed E-state index contributed by atoms with van der Waals surface area (Å²) in [6, 6.07) is 13.5. The summed E-state index contributed by atoms with van der Waals surface area (Å²) < 4.78 is 10.9. The van der Waals surface area contributed by atoms with Crippen LogP contribution in [0.25, 0.3) is 0 Å². The lowest BCUT2D eigenvalue weighted by molar-refractivity contribution is 0.0925. The Morgan fingerprint density at radius 2 is 1.78 bits per heavy atom. The molecule has 0 saturated carbocycles. The van der Waals surface area contributed by atoms with E-state index >= 15 is 0 Å². The number of rotatable bonds is 4. The van der Waals surface area contributed by atoms with E-state index in [1.54, 1.807) is 7.11 Å². The van der Waals surface area contributed by atoms with Crippen molar-refractivity contribution in [2.24, 2.45) is 0 Å². The molecule has 120 valence electrons. The minimum Gasteiger partial charge on any atom is -0.497 e. The van der Waals surface area contributed by atoms with Crippen molar-refractivity contribution in [1.29, 1.82) is 0 Å². The van der Waals surface area contributed by atoms with Crippen LogP contribution in [0.4, 0.5) is 0 Å². The van der Waals surface area contributed by atoms with Crippen molar-refractivity contribution in [1.82, 2.24) is 5.32 Å². The third kappa shape index (κ3) is 3.31. The first-order chi connectivity index (χ1) is 11.1. The fourth-order valence-electron chi connectivity index (χ4n) is 2.85. The van der Waals surface area contributed by atoms with Gasteiger partial charge in [-0.25, -0.2) is 0 Å². The van der Waals surface area contributed by atoms with Gasteiger partial charge in [-0.3, -0.25) is 4.79 Å². The van der Waals surface area contributed by atoms with E-state index in [-0.39, 0.29) is 18.1 Å². The van der Waals surface area contributed by atoms with Crippen LogP contribution in [0.3, 0.4) is 0 Å². The van der Waals surface area contributed by atoms with Crippen LogP contribution in [0.2, 0.25) is 0 Å². The fourth-order valence-corrected chi connectivity index (χ4v) is 2.85. The summed E-state index contributed by atoms with van der Waals surface area (Å²) >= 11 is 0. The van der Waals surface area contributed by atoms with Gasteiger partial charge in [-0.05, 0) is 61.7 Å². The largest absolute Gasteiger partial charge is 0.497 e. The van der Waals surface area contributed by atoms with E-state index in [4.69, 9.17) is 9.47 Å². The molecule has 0 radical (unpaired) electrons. The molecule has 1 unspecified atom stereocenters. The van der Waals surface area contributed by atoms with Crippen molar-refractivity contribution in [2.45, 2.75) is 32.4 Å². The van der Waals surface area contributed by atoms with Crippen molar-refractivity contribution >= 4 is 5.91 Å². The highest BCUT2D eigenvalue weighted by Gasteiger charge is 2.25. The van der Waals surface area contributed by atoms with Crippen molar-refractivity contribution in [3.8, 4) is 11.5 Å². The molecule has 0 fully saturated rings. The van der Waals surface area contributed by atoms with Crippen LogP contribution >= 0.6 is 0 Å². The van der Waals surface area contributed by atoms with E-state index in [0.29, 0.717) is 0 Å². The molecule has 4 nitrogen and oxygen atoms in total. The molecule has 0 saturated heterocycles. The highest BCUT2D eigenvalue weighted by molar-refractivity contribution is 5.97. The van der Waals surface area contributed by atoms with E-state index < -0.39 is 0 Å². The van der Waals surface area contributed by atoms with Gasteiger partial charge in [0.05, 0.1) is 19.3 Å². The molecule has 1 N–H and O–H groups in total. The van der Waals surface area contributed by atoms with Gasteiger partial charge in [-0.1, -0.05) is 12.1 Å². The first-order valence-corrected chi connectivity index (χ1v) is 7.81. The van der Waals surface area contributed by atoms with E-state index in [9.17, 15) is 4.79 Å². The molecular formula is C19H21NO3. The van der Waals surface area contributed by atoms with Crippen LogP contribution in [0, 0.1) is 0 Å². The predicted octanol–water partition coefficient (Wildman–Crippen LogP) is 3.51. The highest BCUT2D eigenvalue weighted by atomic mass is 16.5. The maximum absolute atomic E-state index is 12.3. The lowest BCUT2D eigenvalue weighted by Gasteiger charge is -2.26. The Morgan fingerprint density at radius 1 is 1.09 bits per heavy atom. The van der Waals surface area contributed by atoms with Crippen LogP contribution < -0.4 is 14.8 Å². The summed E-state index contributed by atoms with van der Waals surface area (Å²) in [6.07, 6.45) is 0.900. The summed E-state index contributed by atoms with van der Waals surface area (Å²) in [4.78, 5) is 12.3. The molecule has 0 bridgehead atoms. The first-order valence-electron chi connectivity index (χ1n) is 7.81. The molecule has 23 heavy (non-hydrogen) atoms. The maximum Gasteiger partial charge on any atom is 0.252 e. The van der Waals surface area contributed by atoms with Crippen molar-refractivity contribution in [2.75, 3.05) is 7.11 Å². The van der Waals surface area contributed by atoms with Gasteiger partial charge < -0.3 is 14.8 Å². The summed E-state index contributed by atoms with van der Waals surface area (Å²) in [5.74, 6) is 1.58. The molecule has 0 aliphatic carbocycles. The fraction of sp³-hybridized carbons (Fsp3) is 0.316. The maximum atomic E-state index is 12.3. The van der Waals surface area contributed by atoms with Crippen LogP contribution in [-0.2, 0) is 6.42 Å². The molecule has 1 atom stereocenters. The second kappa shape index (κ2) is 6.32. The zero-order chi connectivity index (χ0) is 16.4. The van der Waals surface area contributed by atoms with E-state index in [1.807, 2.05) is 56.3 Å². The topological polar surface area (TPSA) is 47.6 Å². The third-order valence-electron chi connectivity index (χ3n) is 3.94. The molecule has 2 aromatic rings. The van der Waals surface area contributed by atoms with Gasteiger partial charge in [-0.15, -0.1) is 0 Å². The van der Waals surface area contributed by atoms with Crippen molar-refractivity contribution in [3.05, 3.63) is 59.2 Å². The number of ether oxygens (including phenoxy) is 2. The Morgan fingerprint density at radius 3 is 2.43 bits per heavy atom. The average Bonchev–Trinajstić information content (AvgIpc) is 2.54. The molecule has 1 amide bonds. The number of hydrogen-bond acceptors (Lipinski definition) is 3. The number of hydrogen-bond donors (Lipinski definition) is 1. The van der Waals surface area contributed by atoms with Crippen LogP contribution in [0.15, 0.2) is 42.5 Å². The van der Waals surface area contributed by atoms with Crippen molar-refractivity contribution < 1.29 is 14.3 Å². The van der Waals surface area contributed by atoms with Gasteiger partial charge in [0.2, 0.25) is 0 Å². The van der Waals surface area contributed by atoms with Crippen LogP contribution in [0.1, 0.15) is 41.4 Å². The Balaban J connectivity index is 1.83. The number of fused-ring (bicyclic) bond motifs is 1. The number of amides is 1. The molecular weight excluding hydrogens is 290 g/mol. The van der Waals surface area contributed by atoms with Gasteiger partial charge in [0.25, 0.3) is 5.91 Å². The first kappa shape index (κ1) is 15.4. The summed E-state index contributed by atoms with van der Waals surface area (Å²) in [5, 5.41) is 3.07. The SMILES string of the molecule is COc1ccc2c(c1)CC(c1ccc(OC(C)C)cc1)NC2=O. The number of nitrogens with one attached hydrogen (secondary N) is 1. The Kier molecular flexibility index (Phi) is 4.24. The smallest absolute Gasteiger partial charge is 0.252 e. The lowest BCUT2D eigenvalue weighted by Crippen LogP contribution is -2.35. The van der Waals surface area contributed by atoms with Gasteiger partial charge in [0.15, 0.2) is 0 Å². The molecule has 1 aliphatic rings. The van der Waals surface area contributed by atoms with Gasteiger partial charge >= 0.3 is 0 Å². The molecule has 1 aliphatic heterocycles. The predicted molar refractivity (Wildman–Crippen MR) is 89.1 cm³/mol. The average molecular weight is 311 g/mol. The molecule has 1 heterocycles. The Bertz CT molecular complexity index is 707. The second-order valence-electron chi connectivity index (χ2n) is 5.99. The zero-order valence-corrected chi connectivity index (χ0v) is 13.6. The second-order valence-corrected chi connectivity index (χ2v) is 5.99. The van der Waals surface area contributed by atoms with Crippen LogP contribution in [0.5, 0.6) is 11.5 Å². The molecule has 0 spiro atoms. The van der Waals surface area contributed by atoms with Crippen molar-refractivity contribution in [3.63, 3.8) is 0 Å². The Labute approximate surface area is 136 Å². The molecule has 2 aromatic carbocycles. The molecule has 3 rings (SSSR count). The minimum atomic E-state index is -0.0404. The summed E-state index contributed by atoms with van der Waals surface area (Å²) in [5.41, 5.74) is 2.81. The number of carbonyl (C=O) groups is 1. The standard InChI is InChI=1S/C19H21NO3/c1-12(2)23-15-6-4-13(5-7-15)18-11-14-10-16(22-3)8-9-17(14)19(21)20-18/h4-10,12,18H,11H2,1-3H3,(H,20,21). The van der Waals surface area contributed by atoms with Gasteiger partial charge in [-0.2, -0.15) is 0 Å². The van der Waals surface area contributed by atoms with Crippen LogP contribution in [-0.4, -0.2) is 19.1 Å². The summed E-state index contributed by atoms with van der Waals surface area (Å²) in [7, 11) is 1.63. The lowest BCUT2D eigenvalue weighted by atomic mass is 9.91. The zero-order valence-electron chi connectivity index (χ0n) is 13.6. The number of carbonyl (C=O) groups excluding carboxylic acids is 1. The number of methoxy groups -OCH3 is 1. The molecule has 4 heteroatoms. The van der Waals surface area contributed by atoms with Gasteiger partial charge in [0, 0.05) is 5.56 Å². The minimum absolute atomic E-state index is 0.0322. The van der Waals surface area contributed by atoms with E-state index in [2.05, 4.69) is 5.32 Å². The highest BCUT2D eigenvalue weighted by Crippen LogP contribution is 2.29. The summed E-state index contributed by atoms with van der Waals surface area (Å²) in [6.45, 7) is 4.00. The third-order valence-corrected chi connectivity index (χ3v) is 3.94. The Hall–Kier alpha value is -2.49. The molecule has 0 aromatic heterocycles. The van der Waals surface area contributed by atoms with E-state index in [0.717, 1.165) is 34.6 Å².